The summed E-state index contributed by atoms with van der Waals surface area (Å²) in [4.78, 5) is 26.2. The van der Waals surface area contributed by atoms with Crippen LogP contribution in [-0.4, -0.2) is 18.1 Å². The predicted octanol–water partition coefficient (Wildman–Crippen LogP) is 3.54. The van der Waals surface area contributed by atoms with Crippen molar-refractivity contribution in [3.63, 3.8) is 0 Å². The lowest BCUT2D eigenvalue weighted by Crippen LogP contribution is -2.43. The number of carbonyl (C=O) groups excluding carboxylic acids is 1. The first-order valence-electron chi connectivity index (χ1n) is 8.64. The van der Waals surface area contributed by atoms with E-state index in [4.69, 9.17) is 9.15 Å². The Kier molecular flexibility index (Phi) is 3.99. The SMILES string of the molecule is C[C@@H]1Cc2ccccc2N1C(=O)[C@@H](C)Oc1ccc2ccc(=O)oc2c1. The number of amides is 1. The third kappa shape index (κ3) is 2.86. The van der Waals surface area contributed by atoms with Crippen LogP contribution >= 0.6 is 0 Å². The van der Waals surface area contributed by atoms with Gasteiger partial charge in [0, 0.05) is 29.2 Å². The molecule has 1 amide bonds. The quantitative estimate of drug-likeness (QED) is 0.679. The van der Waals surface area contributed by atoms with Gasteiger partial charge in [-0.05, 0) is 50.1 Å². The number of nitrogens with zero attached hydrogens (tertiary/aromatic N) is 1. The van der Waals surface area contributed by atoms with Crippen LogP contribution in [0.15, 0.2) is 63.8 Å². The zero-order valence-electron chi connectivity index (χ0n) is 14.6. The van der Waals surface area contributed by atoms with E-state index in [1.54, 1.807) is 36.1 Å². The van der Waals surface area contributed by atoms with Gasteiger partial charge in [0.2, 0.25) is 0 Å². The number of hydrogen-bond acceptors (Lipinski definition) is 4. The Morgan fingerprint density at radius 1 is 1.19 bits per heavy atom. The molecule has 0 aliphatic carbocycles. The molecule has 132 valence electrons. The minimum Gasteiger partial charge on any atom is -0.481 e. The summed E-state index contributed by atoms with van der Waals surface area (Å²) in [5.74, 6) is 0.407. The molecule has 2 aromatic carbocycles. The molecule has 2 atom stereocenters. The molecule has 26 heavy (non-hydrogen) atoms. The van der Waals surface area contributed by atoms with Crippen molar-refractivity contribution in [2.24, 2.45) is 0 Å². The third-order valence-corrected chi connectivity index (χ3v) is 4.70. The minimum atomic E-state index is -0.656. The molecule has 1 aromatic heterocycles. The van der Waals surface area contributed by atoms with Crippen molar-refractivity contribution >= 4 is 22.6 Å². The molecule has 3 aromatic rings. The van der Waals surface area contributed by atoms with Crippen LogP contribution in [0.4, 0.5) is 5.69 Å². The number of para-hydroxylation sites is 1. The van der Waals surface area contributed by atoms with Crippen LogP contribution in [0.3, 0.4) is 0 Å². The molecule has 0 unspecified atom stereocenters. The van der Waals surface area contributed by atoms with Gasteiger partial charge in [0.25, 0.3) is 5.91 Å². The highest BCUT2D eigenvalue weighted by molar-refractivity contribution is 5.99. The maximum atomic E-state index is 13.0. The molecule has 1 aliphatic rings. The molecule has 0 spiro atoms. The lowest BCUT2D eigenvalue weighted by atomic mass is 10.1. The Bertz CT molecular complexity index is 1040. The zero-order valence-corrected chi connectivity index (χ0v) is 14.6. The maximum absolute atomic E-state index is 13.0. The second-order valence-electron chi connectivity index (χ2n) is 6.60. The van der Waals surface area contributed by atoms with Crippen LogP contribution in [-0.2, 0) is 11.2 Å². The van der Waals surface area contributed by atoms with Crippen molar-refractivity contribution in [1.29, 1.82) is 0 Å². The molecule has 0 saturated heterocycles. The largest absolute Gasteiger partial charge is 0.481 e. The Balaban J connectivity index is 1.57. The van der Waals surface area contributed by atoms with E-state index in [9.17, 15) is 9.59 Å². The topological polar surface area (TPSA) is 59.8 Å². The van der Waals surface area contributed by atoms with Crippen LogP contribution < -0.4 is 15.3 Å². The van der Waals surface area contributed by atoms with Gasteiger partial charge in [-0.1, -0.05) is 18.2 Å². The summed E-state index contributed by atoms with van der Waals surface area (Å²) in [6, 6.07) is 16.3. The number of rotatable bonds is 3. The molecular formula is C21H19NO4. The van der Waals surface area contributed by atoms with Crippen molar-refractivity contribution in [3.8, 4) is 5.75 Å². The molecule has 0 N–H and O–H groups in total. The Hall–Kier alpha value is -3.08. The molecule has 5 nitrogen and oxygen atoms in total. The van der Waals surface area contributed by atoms with Gasteiger partial charge in [-0.3, -0.25) is 4.79 Å². The van der Waals surface area contributed by atoms with Crippen molar-refractivity contribution in [2.45, 2.75) is 32.4 Å². The summed E-state index contributed by atoms with van der Waals surface area (Å²) < 4.78 is 11.0. The highest BCUT2D eigenvalue weighted by Gasteiger charge is 2.33. The van der Waals surface area contributed by atoms with Gasteiger partial charge in [0.05, 0.1) is 0 Å². The van der Waals surface area contributed by atoms with Gasteiger partial charge in [0.15, 0.2) is 6.10 Å². The summed E-state index contributed by atoms with van der Waals surface area (Å²) >= 11 is 0. The second kappa shape index (κ2) is 6.33. The molecule has 0 radical (unpaired) electrons. The fraction of sp³-hybridized carbons (Fsp3) is 0.238. The maximum Gasteiger partial charge on any atom is 0.336 e. The monoisotopic (exact) mass is 349 g/mol. The van der Waals surface area contributed by atoms with Gasteiger partial charge in [-0.25, -0.2) is 4.79 Å². The summed E-state index contributed by atoms with van der Waals surface area (Å²) in [6.45, 7) is 3.77. The predicted molar refractivity (Wildman–Crippen MR) is 99.7 cm³/mol. The van der Waals surface area contributed by atoms with Crippen molar-refractivity contribution in [2.75, 3.05) is 4.90 Å². The van der Waals surface area contributed by atoms with E-state index < -0.39 is 11.7 Å². The van der Waals surface area contributed by atoms with Crippen LogP contribution in [0.5, 0.6) is 5.75 Å². The number of ether oxygens (including phenoxy) is 1. The molecule has 0 saturated carbocycles. The molecule has 0 bridgehead atoms. The van der Waals surface area contributed by atoms with Crippen molar-refractivity contribution < 1.29 is 13.9 Å². The standard InChI is InChI=1S/C21H19NO4/c1-13-11-16-5-3-4-6-18(16)22(13)21(24)14(2)25-17-9-7-15-8-10-20(23)26-19(15)12-17/h3-10,12-14H,11H2,1-2H3/t13-,14-/m1/s1. The van der Waals surface area contributed by atoms with Gasteiger partial charge < -0.3 is 14.1 Å². The van der Waals surface area contributed by atoms with E-state index in [1.165, 1.54) is 11.6 Å². The average molecular weight is 349 g/mol. The Morgan fingerprint density at radius 3 is 2.81 bits per heavy atom. The van der Waals surface area contributed by atoms with Gasteiger partial charge in [-0.2, -0.15) is 0 Å². The number of anilines is 1. The molecular weight excluding hydrogens is 330 g/mol. The van der Waals surface area contributed by atoms with E-state index in [1.807, 2.05) is 25.1 Å². The highest BCUT2D eigenvalue weighted by Crippen LogP contribution is 2.32. The molecule has 2 heterocycles. The number of fused-ring (bicyclic) bond motifs is 2. The number of hydrogen-bond donors (Lipinski definition) is 0. The Morgan fingerprint density at radius 2 is 1.96 bits per heavy atom. The summed E-state index contributed by atoms with van der Waals surface area (Å²) in [5, 5.41) is 0.804. The highest BCUT2D eigenvalue weighted by atomic mass is 16.5. The summed E-state index contributed by atoms with van der Waals surface area (Å²) in [7, 11) is 0. The minimum absolute atomic E-state index is 0.0861. The zero-order chi connectivity index (χ0) is 18.3. The first kappa shape index (κ1) is 16.4. The number of carbonyl (C=O) groups is 1. The molecule has 1 aliphatic heterocycles. The number of benzene rings is 2. The first-order chi connectivity index (χ1) is 12.5. The fourth-order valence-corrected chi connectivity index (χ4v) is 3.47. The van der Waals surface area contributed by atoms with Gasteiger partial charge >= 0.3 is 5.63 Å². The molecule has 0 fully saturated rings. The van der Waals surface area contributed by atoms with Gasteiger partial charge in [0.1, 0.15) is 11.3 Å². The first-order valence-corrected chi connectivity index (χ1v) is 8.64. The van der Waals surface area contributed by atoms with E-state index in [2.05, 4.69) is 6.07 Å². The van der Waals surface area contributed by atoms with Crippen LogP contribution in [0.25, 0.3) is 11.0 Å². The van der Waals surface area contributed by atoms with Crippen molar-refractivity contribution in [3.05, 3.63) is 70.6 Å². The molecule has 5 heteroatoms. The van der Waals surface area contributed by atoms with Crippen molar-refractivity contribution in [1.82, 2.24) is 0 Å². The lowest BCUT2D eigenvalue weighted by Gasteiger charge is -2.26. The summed E-state index contributed by atoms with van der Waals surface area (Å²) in [6.07, 6.45) is 0.187. The van der Waals surface area contributed by atoms with E-state index in [-0.39, 0.29) is 11.9 Å². The average Bonchev–Trinajstić information content (AvgIpc) is 2.96. The van der Waals surface area contributed by atoms with Crippen LogP contribution in [0, 0.1) is 0 Å². The van der Waals surface area contributed by atoms with E-state index >= 15 is 0 Å². The van der Waals surface area contributed by atoms with Crippen LogP contribution in [0.2, 0.25) is 0 Å². The summed E-state index contributed by atoms with van der Waals surface area (Å²) in [5.41, 5.74) is 2.15. The lowest BCUT2D eigenvalue weighted by molar-refractivity contribution is -0.124. The van der Waals surface area contributed by atoms with Gasteiger partial charge in [-0.15, -0.1) is 0 Å². The second-order valence-corrected chi connectivity index (χ2v) is 6.60. The van der Waals surface area contributed by atoms with E-state index in [0.717, 1.165) is 17.5 Å². The molecule has 4 rings (SSSR count). The Labute approximate surface area is 150 Å². The third-order valence-electron chi connectivity index (χ3n) is 4.70. The van der Waals surface area contributed by atoms with E-state index in [0.29, 0.717) is 11.3 Å². The van der Waals surface area contributed by atoms with Crippen LogP contribution in [0.1, 0.15) is 19.4 Å². The smallest absolute Gasteiger partial charge is 0.336 e. The fourth-order valence-electron chi connectivity index (χ4n) is 3.47. The normalized spacial score (nSPS) is 17.2.